The van der Waals surface area contributed by atoms with Gasteiger partial charge in [-0.1, -0.05) is 6.92 Å². The van der Waals surface area contributed by atoms with E-state index in [2.05, 4.69) is 15.3 Å². The number of hydrogen-bond acceptors (Lipinski definition) is 6. The molecule has 1 aliphatic rings. The van der Waals surface area contributed by atoms with Crippen LogP contribution in [-0.2, 0) is 9.59 Å². The lowest BCUT2D eigenvalue weighted by Gasteiger charge is -2.34. The smallest absolute Gasteiger partial charge is 0.249 e. The van der Waals surface area contributed by atoms with Crippen LogP contribution in [0.15, 0.2) is 12.4 Å². The molecule has 0 aliphatic carbocycles. The summed E-state index contributed by atoms with van der Waals surface area (Å²) < 4.78 is 0. The van der Waals surface area contributed by atoms with Crippen LogP contribution in [0.5, 0.6) is 0 Å². The van der Waals surface area contributed by atoms with Gasteiger partial charge in [-0.3, -0.25) is 14.9 Å². The zero-order valence-corrected chi connectivity index (χ0v) is 9.75. The largest absolute Gasteiger partial charge is 0.333 e. The number of piperazine rings is 1. The molecule has 1 fully saturated rings. The second kappa shape index (κ2) is 4.79. The highest BCUT2D eigenvalue weighted by molar-refractivity contribution is 6.04. The number of carbonyl (C=O) groups excluding carboxylic acids is 2. The Hall–Kier alpha value is -2.49. The number of imide groups is 1. The Morgan fingerprint density at radius 3 is 2.89 bits per heavy atom. The summed E-state index contributed by atoms with van der Waals surface area (Å²) in [6, 6.07) is 1.40. The third kappa shape index (κ3) is 2.00. The second-order valence-electron chi connectivity index (χ2n) is 3.80. The quantitative estimate of drug-likeness (QED) is 0.711. The number of nitrogens with zero attached hydrogens (tertiary/aromatic N) is 4. The van der Waals surface area contributed by atoms with Crippen molar-refractivity contribution in [3.05, 3.63) is 18.1 Å². The number of amides is 2. The number of carbonyl (C=O) groups is 2. The van der Waals surface area contributed by atoms with Gasteiger partial charge in [0.2, 0.25) is 11.8 Å². The van der Waals surface area contributed by atoms with Crippen molar-refractivity contribution in [3.8, 4) is 6.07 Å². The summed E-state index contributed by atoms with van der Waals surface area (Å²) in [4.78, 5) is 32.6. The van der Waals surface area contributed by atoms with Crippen molar-refractivity contribution < 1.29 is 9.59 Å². The Morgan fingerprint density at radius 1 is 1.50 bits per heavy atom. The number of nitrogens with one attached hydrogen (secondary N) is 1. The van der Waals surface area contributed by atoms with Crippen LogP contribution in [0.1, 0.15) is 19.0 Å². The first-order valence-electron chi connectivity index (χ1n) is 5.48. The van der Waals surface area contributed by atoms with E-state index in [1.807, 2.05) is 13.0 Å². The van der Waals surface area contributed by atoms with Crippen LogP contribution in [0, 0.1) is 11.3 Å². The van der Waals surface area contributed by atoms with Crippen LogP contribution in [0.3, 0.4) is 0 Å². The predicted molar refractivity (Wildman–Crippen MR) is 61.3 cm³/mol. The van der Waals surface area contributed by atoms with Gasteiger partial charge in [0, 0.05) is 12.4 Å². The van der Waals surface area contributed by atoms with Crippen LogP contribution in [0.4, 0.5) is 5.82 Å². The molecular weight excluding hydrogens is 234 g/mol. The highest BCUT2D eigenvalue weighted by atomic mass is 16.2. The molecule has 92 valence electrons. The molecule has 7 heteroatoms. The molecule has 0 saturated carbocycles. The van der Waals surface area contributed by atoms with Crippen molar-refractivity contribution in [2.75, 3.05) is 11.4 Å². The topological polar surface area (TPSA) is 99.0 Å². The maximum absolute atomic E-state index is 11.7. The standard InChI is InChI=1S/C11H11N5O2/c1-2-8-11(18)15-9(17)6-16(8)10-7(5-12)13-3-4-14-10/h3-4,8H,2,6H2,1H3,(H,15,17,18). The van der Waals surface area contributed by atoms with Crippen molar-refractivity contribution in [3.63, 3.8) is 0 Å². The maximum Gasteiger partial charge on any atom is 0.249 e. The fraction of sp³-hybridized carbons (Fsp3) is 0.364. The van der Waals surface area contributed by atoms with Gasteiger partial charge in [-0.25, -0.2) is 9.97 Å². The number of aromatic nitrogens is 2. The van der Waals surface area contributed by atoms with Crippen LogP contribution in [-0.4, -0.2) is 34.4 Å². The summed E-state index contributed by atoms with van der Waals surface area (Å²) in [5.41, 5.74) is 0.110. The van der Waals surface area contributed by atoms with Gasteiger partial charge in [-0.05, 0) is 6.42 Å². The fourth-order valence-corrected chi connectivity index (χ4v) is 1.91. The van der Waals surface area contributed by atoms with Gasteiger partial charge in [0.05, 0.1) is 6.54 Å². The van der Waals surface area contributed by atoms with Gasteiger partial charge in [0.1, 0.15) is 12.1 Å². The molecule has 2 amide bonds. The summed E-state index contributed by atoms with van der Waals surface area (Å²) in [6.45, 7) is 1.83. The fourth-order valence-electron chi connectivity index (χ4n) is 1.91. The molecule has 7 nitrogen and oxygen atoms in total. The Balaban J connectivity index is 2.43. The van der Waals surface area contributed by atoms with Crippen molar-refractivity contribution in [1.29, 1.82) is 5.26 Å². The summed E-state index contributed by atoms with van der Waals surface area (Å²) >= 11 is 0. The average Bonchev–Trinajstić information content (AvgIpc) is 2.38. The first-order chi connectivity index (χ1) is 8.67. The zero-order chi connectivity index (χ0) is 13.1. The minimum Gasteiger partial charge on any atom is -0.333 e. The van der Waals surface area contributed by atoms with E-state index in [0.29, 0.717) is 6.42 Å². The summed E-state index contributed by atoms with van der Waals surface area (Å²) in [5, 5.41) is 11.2. The van der Waals surface area contributed by atoms with Crippen LogP contribution >= 0.6 is 0 Å². The Kier molecular flexibility index (Phi) is 3.19. The first kappa shape index (κ1) is 12.0. The molecule has 1 aromatic heterocycles. The molecule has 1 unspecified atom stereocenters. The highest BCUT2D eigenvalue weighted by Crippen LogP contribution is 2.20. The van der Waals surface area contributed by atoms with E-state index in [1.165, 1.54) is 17.3 Å². The van der Waals surface area contributed by atoms with E-state index < -0.39 is 11.9 Å². The molecule has 0 aromatic carbocycles. The maximum atomic E-state index is 11.7. The van der Waals surface area contributed by atoms with Crippen LogP contribution in [0.2, 0.25) is 0 Å². The molecule has 1 aliphatic heterocycles. The van der Waals surface area contributed by atoms with E-state index in [9.17, 15) is 9.59 Å². The van der Waals surface area contributed by atoms with E-state index in [1.54, 1.807) is 0 Å². The molecule has 1 aromatic rings. The minimum atomic E-state index is -0.508. The molecule has 0 bridgehead atoms. The molecule has 1 saturated heterocycles. The van der Waals surface area contributed by atoms with Gasteiger partial charge in [-0.15, -0.1) is 0 Å². The number of anilines is 1. The second-order valence-corrected chi connectivity index (χ2v) is 3.80. The number of hydrogen-bond donors (Lipinski definition) is 1. The van der Waals surface area contributed by atoms with Crippen LogP contribution in [0.25, 0.3) is 0 Å². The monoisotopic (exact) mass is 245 g/mol. The predicted octanol–water partition coefficient (Wildman–Crippen LogP) is -0.410. The zero-order valence-electron chi connectivity index (χ0n) is 9.75. The lowest BCUT2D eigenvalue weighted by molar-refractivity contribution is -0.132. The molecule has 0 spiro atoms. The lowest BCUT2D eigenvalue weighted by atomic mass is 10.1. The van der Waals surface area contributed by atoms with E-state index in [0.717, 1.165) is 0 Å². The Labute approximate surface area is 103 Å². The van der Waals surface area contributed by atoms with E-state index in [-0.39, 0.29) is 24.0 Å². The number of nitriles is 1. The summed E-state index contributed by atoms with van der Waals surface area (Å²) in [5.74, 6) is -0.502. The summed E-state index contributed by atoms with van der Waals surface area (Å²) in [7, 11) is 0. The van der Waals surface area contributed by atoms with Crippen molar-refractivity contribution in [1.82, 2.24) is 15.3 Å². The van der Waals surface area contributed by atoms with Crippen LogP contribution < -0.4 is 10.2 Å². The van der Waals surface area contributed by atoms with E-state index >= 15 is 0 Å². The molecule has 0 radical (unpaired) electrons. The van der Waals surface area contributed by atoms with Gasteiger partial charge in [-0.2, -0.15) is 5.26 Å². The minimum absolute atomic E-state index is 0.00236. The molecule has 2 rings (SSSR count). The Bertz CT molecular complexity index is 536. The van der Waals surface area contributed by atoms with Crippen molar-refractivity contribution >= 4 is 17.6 Å². The number of rotatable bonds is 2. The molecular formula is C11H11N5O2. The summed E-state index contributed by atoms with van der Waals surface area (Å²) in [6.07, 6.45) is 3.34. The lowest BCUT2D eigenvalue weighted by Crippen LogP contribution is -2.58. The van der Waals surface area contributed by atoms with E-state index in [4.69, 9.17) is 5.26 Å². The normalized spacial score (nSPS) is 19.3. The van der Waals surface area contributed by atoms with Gasteiger partial charge in [0.15, 0.2) is 11.5 Å². The third-order valence-electron chi connectivity index (χ3n) is 2.70. The SMILES string of the molecule is CCC1C(=O)NC(=O)CN1c1nccnc1C#N. The van der Waals surface area contributed by atoms with Crippen molar-refractivity contribution in [2.24, 2.45) is 0 Å². The van der Waals surface area contributed by atoms with Crippen molar-refractivity contribution in [2.45, 2.75) is 19.4 Å². The van der Waals surface area contributed by atoms with Gasteiger partial charge in [0.25, 0.3) is 0 Å². The molecule has 1 atom stereocenters. The first-order valence-corrected chi connectivity index (χ1v) is 5.48. The van der Waals surface area contributed by atoms with Gasteiger partial charge >= 0.3 is 0 Å². The third-order valence-corrected chi connectivity index (χ3v) is 2.70. The Morgan fingerprint density at radius 2 is 2.22 bits per heavy atom. The molecule has 1 N–H and O–H groups in total. The average molecular weight is 245 g/mol. The molecule has 18 heavy (non-hydrogen) atoms. The molecule has 2 heterocycles. The van der Waals surface area contributed by atoms with Gasteiger partial charge < -0.3 is 4.90 Å². The highest BCUT2D eigenvalue weighted by Gasteiger charge is 2.34.